The van der Waals surface area contributed by atoms with Gasteiger partial charge in [-0.25, -0.2) is 17.6 Å². The zero-order valence-corrected chi connectivity index (χ0v) is 14.0. The van der Waals surface area contributed by atoms with Gasteiger partial charge in [-0.15, -0.1) is 0 Å². The number of carboxylic acids is 1. The largest absolute Gasteiger partial charge is 0.481 e. The summed E-state index contributed by atoms with van der Waals surface area (Å²) in [7, 11) is -3.68. The smallest absolute Gasteiger partial charge is 0.393 e. The Morgan fingerprint density at radius 1 is 1.23 bits per heavy atom. The molecule has 7 nitrogen and oxygen atoms in total. The second-order valence-corrected chi connectivity index (χ2v) is 7.52. The van der Waals surface area contributed by atoms with Crippen molar-refractivity contribution < 1.29 is 45.4 Å². The van der Waals surface area contributed by atoms with Crippen LogP contribution in [0.5, 0.6) is 0 Å². The van der Waals surface area contributed by atoms with Crippen LogP contribution in [0.2, 0.25) is 0 Å². The number of methoxy groups -OCH3 is 1. The van der Waals surface area contributed by atoms with Crippen molar-refractivity contribution in [1.29, 1.82) is 0 Å². The van der Waals surface area contributed by atoms with Crippen LogP contribution < -0.4 is 0 Å². The molecule has 0 aromatic heterocycles. The van der Waals surface area contributed by atoms with Gasteiger partial charge in [-0.05, 0) is 18.2 Å². The second kappa shape index (κ2) is 6.83. The number of hydrogen-bond acceptors (Lipinski definition) is 5. The Labute approximate surface area is 145 Å². The summed E-state index contributed by atoms with van der Waals surface area (Å²) in [5, 5.41) is 8.95. The molecule has 0 saturated carbocycles. The topological polar surface area (TPSA) is 101 Å². The van der Waals surface area contributed by atoms with E-state index in [1.807, 2.05) is 0 Å². The van der Waals surface area contributed by atoms with Crippen LogP contribution in [-0.2, 0) is 19.6 Å². The summed E-state index contributed by atoms with van der Waals surface area (Å²) in [6.07, 6.45) is -4.92. The number of sulfonamides is 1. The van der Waals surface area contributed by atoms with E-state index >= 15 is 0 Å². The van der Waals surface area contributed by atoms with Crippen LogP contribution in [0.25, 0.3) is 0 Å². The van der Waals surface area contributed by atoms with E-state index in [-0.39, 0.29) is 0 Å². The van der Waals surface area contributed by atoms with Gasteiger partial charge in [0.2, 0.25) is 10.0 Å². The molecule has 1 heterocycles. The molecule has 0 amide bonds. The third-order valence-corrected chi connectivity index (χ3v) is 5.76. The molecule has 1 fully saturated rings. The number of carbonyl (C=O) groups is 2. The highest BCUT2D eigenvalue weighted by Crippen LogP contribution is 2.39. The van der Waals surface area contributed by atoms with E-state index in [0.717, 1.165) is 13.2 Å². The highest BCUT2D eigenvalue weighted by molar-refractivity contribution is 7.89. The molecule has 1 N–H and O–H groups in total. The molecule has 0 spiro atoms. The molecule has 12 heteroatoms. The molecular formula is C14H13F4NO6S. The Kier molecular flexibility index (Phi) is 5.29. The summed E-state index contributed by atoms with van der Waals surface area (Å²) in [5.41, 5.74) is -0.451. The average Bonchev–Trinajstić information content (AvgIpc) is 3.00. The lowest BCUT2D eigenvalue weighted by Crippen LogP contribution is -2.34. The van der Waals surface area contributed by atoms with Crippen LogP contribution in [0.4, 0.5) is 17.6 Å². The van der Waals surface area contributed by atoms with Crippen molar-refractivity contribution in [1.82, 2.24) is 4.31 Å². The van der Waals surface area contributed by atoms with Gasteiger partial charge in [0.1, 0.15) is 5.82 Å². The summed E-state index contributed by atoms with van der Waals surface area (Å²) < 4.78 is 82.4. The van der Waals surface area contributed by atoms with Gasteiger partial charge < -0.3 is 9.84 Å². The molecule has 2 atom stereocenters. The van der Waals surface area contributed by atoms with Crippen molar-refractivity contribution in [2.75, 3.05) is 20.2 Å². The number of esters is 1. The minimum Gasteiger partial charge on any atom is -0.481 e. The third-order valence-electron chi connectivity index (χ3n) is 3.95. The summed E-state index contributed by atoms with van der Waals surface area (Å²) in [4.78, 5) is 21.8. The SMILES string of the molecule is COC(=O)c1cc(F)cc(S(=O)(=O)N2C[C@@H](C(F)(F)F)[C@H](C(=O)O)C2)c1. The van der Waals surface area contributed by atoms with Gasteiger partial charge in [-0.3, -0.25) is 4.79 Å². The van der Waals surface area contributed by atoms with Crippen molar-refractivity contribution in [3.05, 3.63) is 29.6 Å². The number of carboxylic acid groups (broad SMARTS) is 1. The predicted octanol–water partition coefficient (Wildman–Crippen LogP) is 1.50. The highest BCUT2D eigenvalue weighted by Gasteiger charge is 2.55. The van der Waals surface area contributed by atoms with Gasteiger partial charge in [0, 0.05) is 13.1 Å². The molecule has 2 rings (SSSR count). The minimum atomic E-state index is -4.92. The van der Waals surface area contributed by atoms with Gasteiger partial charge in [0.25, 0.3) is 0 Å². The first kappa shape index (κ1) is 20.1. The number of aliphatic carboxylic acids is 1. The van der Waals surface area contributed by atoms with E-state index in [0.29, 0.717) is 16.4 Å². The van der Waals surface area contributed by atoms with Crippen molar-refractivity contribution in [3.8, 4) is 0 Å². The molecule has 0 aliphatic carbocycles. The number of hydrogen-bond donors (Lipinski definition) is 1. The number of alkyl halides is 3. The lowest BCUT2D eigenvalue weighted by molar-refractivity contribution is -0.187. The monoisotopic (exact) mass is 399 g/mol. The maximum atomic E-state index is 13.6. The van der Waals surface area contributed by atoms with Crippen molar-refractivity contribution >= 4 is 22.0 Å². The van der Waals surface area contributed by atoms with Crippen molar-refractivity contribution in [2.24, 2.45) is 11.8 Å². The van der Waals surface area contributed by atoms with Gasteiger partial charge in [-0.2, -0.15) is 17.5 Å². The lowest BCUT2D eigenvalue weighted by Gasteiger charge is -2.18. The number of carbonyl (C=O) groups excluding carboxylic acids is 1. The number of rotatable bonds is 4. The van der Waals surface area contributed by atoms with E-state index in [1.165, 1.54) is 0 Å². The Balaban J connectivity index is 2.44. The molecular weight excluding hydrogens is 386 g/mol. The third kappa shape index (κ3) is 3.80. The summed E-state index contributed by atoms with van der Waals surface area (Å²) >= 11 is 0. The normalized spacial score (nSPS) is 21.6. The predicted molar refractivity (Wildman–Crippen MR) is 77.2 cm³/mol. The van der Waals surface area contributed by atoms with Crippen LogP contribution in [0.15, 0.2) is 23.1 Å². The molecule has 1 saturated heterocycles. The van der Waals surface area contributed by atoms with Crippen molar-refractivity contribution in [2.45, 2.75) is 11.1 Å². The van der Waals surface area contributed by atoms with Gasteiger partial charge in [-0.1, -0.05) is 0 Å². The molecule has 26 heavy (non-hydrogen) atoms. The zero-order chi connectivity index (χ0) is 19.9. The molecule has 144 valence electrons. The van der Waals surface area contributed by atoms with E-state index in [9.17, 15) is 35.6 Å². The molecule has 1 aliphatic rings. The molecule has 0 bridgehead atoms. The standard InChI is InChI=1S/C14H13F4NO6S/c1-25-13(22)7-2-8(15)4-9(3-7)26(23,24)19-5-10(12(20)21)11(6-19)14(16,17)18/h2-4,10-11H,5-6H2,1H3,(H,20,21)/t10-,11-/m1/s1. The number of benzene rings is 1. The van der Waals surface area contributed by atoms with Crippen LogP contribution in [-0.4, -0.2) is 56.1 Å². The first-order chi connectivity index (χ1) is 11.9. The zero-order valence-electron chi connectivity index (χ0n) is 13.2. The van der Waals surface area contributed by atoms with Crippen molar-refractivity contribution in [3.63, 3.8) is 0 Å². The van der Waals surface area contributed by atoms with E-state index in [2.05, 4.69) is 4.74 Å². The summed E-state index contributed by atoms with van der Waals surface area (Å²) in [6, 6.07) is 1.98. The second-order valence-electron chi connectivity index (χ2n) is 5.58. The maximum Gasteiger partial charge on any atom is 0.393 e. The summed E-state index contributed by atoms with van der Waals surface area (Å²) in [5.74, 6) is -8.34. The first-order valence-electron chi connectivity index (χ1n) is 7.06. The van der Waals surface area contributed by atoms with Crippen LogP contribution in [0.3, 0.4) is 0 Å². The van der Waals surface area contributed by atoms with E-state index in [4.69, 9.17) is 5.11 Å². The Bertz CT molecular complexity index is 838. The quantitative estimate of drug-likeness (QED) is 0.608. The molecule has 1 aliphatic heterocycles. The minimum absolute atomic E-state index is 0.319. The average molecular weight is 399 g/mol. The molecule has 1 aromatic rings. The number of nitrogens with zero attached hydrogens (tertiary/aromatic N) is 1. The summed E-state index contributed by atoms with van der Waals surface area (Å²) in [6.45, 7) is -2.04. The fourth-order valence-electron chi connectivity index (χ4n) is 2.64. The van der Waals surface area contributed by atoms with E-state index in [1.54, 1.807) is 0 Å². The molecule has 0 unspecified atom stereocenters. The Hall–Kier alpha value is -2.21. The number of halogens is 4. The van der Waals surface area contributed by atoms with Crippen LogP contribution in [0, 0.1) is 17.7 Å². The maximum absolute atomic E-state index is 13.6. The lowest BCUT2D eigenvalue weighted by atomic mass is 9.96. The first-order valence-corrected chi connectivity index (χ1v) is 8.50. The molecule has 1 aromatic carbocycles. The van der Waals surface area contributed by atoms with Gasteiger partial charge >= 0.3 is 18.1 Å². The van der Waals surface area contributed by atoms with Crippen LogP contribution in [0.1, 0.15) is 10.4 Å². The van der Waals surface area contributed by atoms with E-state index < -0.39 is 69.3 Å². The molecule has 0 radical (unpaired) electrons. The van der Waals surface area contributed by atoms with Gasteiger partial charge in [0.15, 0.2) is 0 Å². The fraction of sp³-hybridized carbons (Fsp3) is 0.429. The van der Waals surface area contributed by atoms with Gasteiger partial charge in [0.05, 0.1) is 29.4 Å². The fourth-order valence-corrected chi connectivity index (χ4v) is 4.19. The number of ether oxygens (including phenoxy) is 1. The Morgan fingerprint density at radius 2 is 1.85 bits per heavy atom. The van der Waals surface area contributed by atoms with Crippen LogP contribution >= 0.6 is 0 Å². The Morgan fingerprint density at radius 3 is 2.31 bits per heavy atom. The highest BCUT2D eigenvalue weighted by atomic mass is 32.2.